The van der Waals surface area contributed by atoms with Gasteiger partial charge in [0.1, 0.15) is 0 Å². The number of aromatic carboxylic acids is 1. The van der Waals surface area contributed by atoms with E-state index in [4.69, 9.17) is 16.7 Å². The molecule has 4 rings (SSSR count). The molecule has 0 spiro atoms. The van der Waals surface area contributed by atoms with Crippen LogP contribution in [0.2, 0.25) is 5.02 Å². The second-order valence-corrected chi connectivity index (χ2v) is 9.25. The maximum Gasteiger partial charge on any atom is 0.335 e. The van der Waals surface area contributed by atoms with Crippen molar-refractivity contribution in [2.24, 2.45) is 0 Å². The molecule has 0 fully saturated rings. The molecule has 2 aromatic carbocycles. The number of hydrogen-bond acceptors (Lipinski definition) is 4. The maximum atomic E-state index is 13.3. The van der Waals surface area contributed by atoms with Crippen LogP contribution < -0.4 is 0 Å². The van der Waals surface area contributed by atoms with Gasteiger partial charge in [0.05, 0.1) is 16.0 Å². The molecule has 0 radical (unpaired) electrons. The molecular weight excluding hydrogens is 418 g/mol. The van der Waals surface area contributed by atoms with Crippen LogP contribution in [0.3, 0.4) is 0 Å². The Morgan fingerprint density at radius 3 is 2.46 bits per heavy atom. The lowest BCUT2D eigenvalue weighted by atomic mass is 10.1. The summed E-state index contributed by atoms with van der Waals surface area (Å²) in [4.78, 5) is 11.3. The van der Waals surface area contributed by atoms with Gasteiger partial charge in [0.15, 0.2) is 0 Å². The fraction of sp³-hybridized carbons (Fsp3) is 0.0500. The highest BCUT2D eigenvalue weighted by Gasteiger charge is 2.23. The van der Waals surface area contributed by atoms with E-state index in [0.717, 1.165) is 10.9 Å². The largest absolute Gasteiger partial charge is 0.478 e. The number of rotatable bonds is 5. The van der Waals surface area contributed by atoms with Crippen LogP contribution in [0, 0.1) is 0 Å². The van der Waals surface area contributed by atoms with Crippen LogP contribution in [-0.4, -0.2) is 23.5 Å². The summed E-state index contributed by atoms with van der Waals surface area (Å²) in [6.07, 6.45) is 0.329. The smallest absolute Gasteiger partial charge is 0.335 e. The number of carboxylic acids is 1. The Morgan fingerprint density at radius 1 is 1.07 bits per heavy atom. The van der Waals surface area contributed by atoms with E-state index in [1.807, 2.05) is 0 Å². The van der Waals surface area contributed by atoms with Crippen molar-refractivity contribution in [1.29, 1.82) is 0 Å². The first-order chi connectivity index (χ1) is 13.4. The molecule has 8 heteroatoms. The summed E-state index contributed by atoms with van der Waals surface area (Å²) in [7, 11) is -3.77. The molecule has 0 bridgehead atoms. The van der Waals surface area contributed by atoms with E-state index in [1.165, 1.54) is 27.4 Å². The molecule has 4 aromatic rings. The van der Waals surface area contributed by atoms with Gasteiger partial charge in [-0.05, 0) is 53.4 Å². The van der Waals surface area contributed by atoms with Crippen LogP contribution in [-0.2, 0) is 16.4 Å². The number of halogens is 1. The topological polar surface area (TPSA) is 76.4 Å². The molecule has 5 nitrogen and oxygen atoms in total. The zero-order valence-corrected chi connectivity index (χ0v) is 16.8. The van der Waals surface area contributed by atoms with E-state index in [9.17, 15) is 13.2 Å². The molecule has 0 saturated heterocycles. The zero-order valence-electron chi connectivity index (χ0n) is 14.4. The standard InChI is InChI=1S/C20H14ClNO4S2/c21-16-5-6-19-15(10-16)11-17(9-13-1-3-14(4-2-13)20(23)24)22(19)28(25,26)18-7-8-27-12-18/h1-8,10-12H,9H2,(H,23,24). The second kappa shape index (κ2) is 7.09. The lowest BCUT2D eigenvalue weighted by Crippen LogP contribution is -2.15. The van der Waals surface area contributed by atoms with Gasteiger partial charge in [-0.25, -0.2) is 17.2 Å². The van der Waals surface area contributed by atoms with Gasteiger partial charge >= 0.3 is 5.97 Å². The van der Waals surface area contributed by atoms with E-state index in [0.29, 0.717) is 22.7 Å². The first kappa shape index (κ1) is 18.7. The third-order valence-electron chi connectivity index (χ3n) is 4.41. The predicted molar refractivity (Wildman–Crippen MR) is 110 cm³/mol. The lowest BCUT2D eigenvalue weighted by Gasteiger charge is -2.11. The molecule has 0 amide bonds. The van der Waals surface area contributed by atoms with Gasteiger partial charge in [0.25, 0.3) is 10.0 Å². The average molecular weight is 432 g/mol. The van der Waals surface area contributed by atoms with Crippen molar-refractivity contribution < 1.29 is 18.3 Å². The third-order valence-corrected chi connectivity index (χ3v) is 7.24. The van der Waals surface area contributed by atoms with Crippen molar-refractivity contribution >= 4 is 49.8 Å². The summed E-state index contributed by atoms with van der Waals surface area (Å²) in [6.45, 7) is 0. The van der Waals surface area contributed by atoms with Crippen LogP contribution >= 0.6 is 22.9 Å². The van der Waals surface area contributed by atoms with E-state index in [2.05, 4.69) is 0 Å². The summed E-state index contributed by atoms with van der Waals surface area (Å²) in [6, 6.07) is 14.9. The summed E-state index contributed by atoms with van der Waals surface area (Å²) < 4.78 is 27.9. The minimum Gasteiger partial charge on any atom is -0.478 e. The van der Waals surface area contributed by atoms with E-state index >= 15 is 0 Å². The Bertz CT molecular complexity index is 1270. The highest BCUT2D eigenvalue weighted by atomic mass is 35.5. The molecular formula is C20H14ClNO4S2. The first-order valence-electron chi connectivity index (χ1n) is 8.26. The highest BCUT2D eigenvalue weighted by molar-refractivity contribution is 7.90. The minimum atomic E-state index is -3.77. The molecule has 2 aromatic heterocycles. The lowest BCUT2D eigenvalue weighted by molar-refractivity contribution is 0.0697. The summed E-state index contributed by atoms with van der Waals surface area (Å²) >= 11 is 7.41. The van der Waals surface area contributed by atoms with Gasteiger partial charge in [-0.2, -0.15) is 11.3 Å². The Kier molecular flexibility index (Phi) is 4.74. The normalized spacial score (nSPS) is 11.8. The SMILES string of the molecule is O=C(O)c1ccc(Cc2cc3cc(Cl)ccc3n2S(=O)(=O)c2ccsc2)cc1. The summed E-state index contributed by atoms with van der Waals surface area (Å²) in [5.41, 5.74) is 2.11. The number of aromatic nitrogens is 1. The van der Waals surface area contributed by atoms with Crippen molar-refractivity contribution in [2.75, 3.05) is 0 Å². The molecule has 0 unspecified atom stereocenters. The summed E-state index contributed by atoms with van der Waals surface area (Å²) in [5, 5.41) is 13.6. The van der Waals surface area contributed by atoms with Gasteiger partial charge in [-0.15, -0.1) is 0 Å². The van der Waals surface area contributed by atoms with Crippen LogP contribution in [0.1, 0.15) is 21.6 Å². The van der Waals surface area contributed by atoms with E-state index in [1.54, 1.807) is 53.2 Å². The molecule has 2 heterocycles. The van der Waals surface area contributed by atoms with Crippen molar-refractivity contribution in [3.8, 4) is 0 Å². The summed E-state index contributed by atoms with van der Waals surface area (Å²) in [5.74, 6) is -1.00. The number of thiophene rings is 1. The van der Waals surface area contributed by atoms with Gasteiger partial charge in [0, 0.05) is 27.9 Å². The quantitative estimate of drug-likeness (QED) is 0.488. The molecule has 28 heavy (non-hydrogen) atoms. The number of carbonyl (C=O) groups is 1. The molecule has 0 saturated carbocycles. The first-order valence-corrected chi connectivity index (χ1v) is 11.0. The molecule has 1 N–H and O–H groups in total. The van der Waals surface area contributed by atoms with Gasteiger partial charge in [0.2, 0.25) is 0 Å². The van der Waals surface area contributed by atoms with E-state index in [-0.39, 0.29) is 10.5 Å². The van der Waals surface area contributed by atoms with Crippen LogP contribution in [0.15, 0.2) is 70.3 Å². The Hall–Kier alpha value is -2.61. The van der Waals surface area contributed by atoms with Crippen LogP contribution in [0.5, 0.6) is 0 Å². The molecule has 0 atom stereocenters. The number of carboxylic acid groups (broad SMARTS) is 1. The molecule has 0 aliphatic rings. The Morgan fingerprint density at radius 2 is 1.82 bits per heavy atom. The van der Waals surface area contributed by atoms with Crippen molar-refractivity contribution in [3.63, 3.8) is 0 Å². The number of hydrogen-bond donors (Lipinski definition) is 1. The monoisotopic (exact) mass is 431 g/mol. The second-order valence-electron chi connectivity index (χ2n) is 6.25. The van der Waals surface area contributed by atoms with Crippen molar-refractivity contribution in [2.45, 2.75) is 11.3 Å². The molecule has 0 aliphatic carbocycles. The Labute approximate surface area is 170 Å². The van der Waals surface area contributed by atoms with E-state index < -0.39 is 16.0 Å². The van der Waals surface area contributed by atoms with Gasteiger partial charge in [-0.1, -0.05) is 23.7 Å². The maximum absolute atomic E-state index is 13.3. The third kappa shape index (κ3) is 3.32. The van der Waals surface area contributed by atoms with Gasteiger partial charge in [-0.3, -0.25) is 0 Å². The number of fused-ring (bicyclic) bond motifs is 1. The Balaban J connectivity index is 1.87. The fourth-order valence-corrected chi connectivity index (χ4v) is 5.84. The average Bonchev–Trinajstić information content (AvgIpc) is 3.30. The molecule has 142 valence electrons. The number of nitrogens with zero attached hydrogens (tertiary/aromatic N) is 1. The fourth-order valence-electron chi connectivity index (χ4n) is 3.10. The van der Waals surface area contributed by atoms with Crippen LogP contribution in [0.25, 0.3) is 10.9 Å². The van der Waals surface area contributed by atoms with Crippen molar-refractivity contribution in [3.05, 3.63) is 87.2 Å². The minimum absolute atomic E-state index is 0.182. The van der Waals surface area contributed by atoms with Crippen LogP contribution in [0.4, 0.5) is 0 Å². The zero-order chi connectivity index (χ0) is 19.9. The molecule has 0 aliphatic heterocycles. The highest BCUT2D eigenvalue weighted by Crippen LogP contribution is 2.30. The number of benzene rings is 2. The van der Waals surface area contributed by atoms with Gasteiger partial charge < -0.3 is 5.11 Å². The van der Waals surface area contributed by atoms with Crippen molar-refractivity contribution in [1.82, 2.24) is 3.97 Å². The predicted octanol–water partition coefficient (Wildman–Crippen LogP) is 4.88.